The van der Waals surface area contributed by atoms with Crippen molar-refractivity contribution in [3.05, 3.63) is 18.5 Å². The smallest absolute Gasteiger partial charge is 0.198 e. The van der Waals surface area contributed by atoms with E-state index < -0.39 is 0 Å². The first-order valence-electron chi connectivity index (χ1n) is 2.16. The predicted octanol–water partition coefficient (Wildman–Crippen LogP) is 0.808. The van der Waals surface area contributed by atoms with Crippen molar-refractivity contribution in [3.63, 3.8) is 0 Å². The zero-order valence-corrected chi connectivity index (χ0v) is 4.16. The second-order valence-corrected chi connectivity index (χ2v) is 1.45. The zero-order valence-electron chi connectivity index (χ0n) is 4.16. The Bertz CT molecular complexity index is 170. The van der Waals surface area contributed by atoms with Crippen LogP contribution in [0.25, 0.3) is 0 Å². The van der Waals surface area contributed by atoms with Gasteiger partial charge in [-0.25, -0.2) is 0 Å². The van der Waals surface area contributed by atoms with Crippen molar-refractivity contribution in [1.82, 2.24) is 4.98 Å². The van der Waals surface area contributed by atoms with Crippen LogP contribution in [0, 0.1) is 0 Å². The summed E-state index contributed by atoms with van der Waals surface area (Å²) >= 11 is 0. The summed E-state index contributed by atoms with van der Waals surface area (Å²) in [5.41, 5.74) is 5.61. The van der Waals surface area contributed by atoms with E-state index in [0.29, 0.717) is 5.69 Å². The Kier molecular flexibility index (Phi) is 1.04. The standard InChI is InChI=1S/C5H5N2O/c6-4-1-5(8)3-7-2-4/h1-3H,6H2. The number of nitrogens with zero attached hydrogens (tertiary/aromatic N) is 1. The maximum atomic E-state index is 10.3. The lowest BCUT2D eigenvalue weighted by atomic mass is 10.4. The minimum absolute atomic E-state index is 0.148. The van der Waals surface area contributed by atoms with E-state index in [1.54, 1.807) is 0 Å². The molecule has 3 nitrogen and oxygen atoms in total. The fourth-order valence-electron chi connectivity index (χ4n) is 0.436. The first kappa shape index (κ1) is 4.90. The van der Waals surface area contributed by atoms with Crippen molar-refractivity contribution in [2.75, 3.05) is 5.73 Å². The molecule has 1 rings (SSSR count). The zero-order chi connectivity index (χ0) is 5.98. The molecule has 8 heavy (non-hydrogen) atoms. The van der Waals surface area contributed by atoms with Crippen molar-refractivity contribution in [2.24, 2.45) is 0 Å². The van der Waals surface area contributed by atoms with E-state index in [4.69, 9.17) is 5.73 Å². The van der Waals surface area contributed by atoms with Gasteiger partial charge in [0.05, 0.1) is 18.1 Å². The number of nitrogen functional groups attached to an aromatic ring is 1. The van der Waals surface area contributed by atoms with Crippen LogP contribution >= 0.6 is 0 Å². The van der Waals surface area contributed by atoms with Crippen LogP contribution < -0.4 is 5.73 Å². The summed E-state index contributed by atoms with van der Waals surface area (Å²) in [4.78, 5) is 3.55. The second-order valence-electron chi connectivity index (χ2n) is 1.45. The molecule has 1 aromatic heterocycles. The summed E-state index contributed by atoms with van der Waals surface area (Å²) in [6.07, 6.45) is 2.65. The molecule has 1 aromatic rings. The third-order valence-electron chi connectivity index (χ3n) is 0.734. The van der Waals surface area contributed by atoms with Gasteiger partial charge in [-0.3, -0.25) is 10.1 Å². The third kappa shape index (κ3) is 0.872. The van der Waals surface area contributed by atoms with Gasteiger partial charge < -0.3 is 5.73 Å². The molecule has 0 aromatic carbocycles. The predicted molar refractivity (Wildman–Crippen MR) is 28.8 cm³/mol. The van der Waals surface area contributed by atoms with Gasteiger partial charge in [0.2, 0.25) is 0 Å². The van der Waals surface area contributed by atoms with Gasteiger partial charge >= 0.3 is 0 Å². The van der Waals surface area contributed by atoms with Crippen molar-refractivity contribution in [1.29, 1.82) is 0 Å². The van der Waals surface area contributed by atoms with Crippen LogP contribution in [0.1, 0.15) is 0 Å². The number of hydrogen-bond acceptors (Lipinski definition) is 2. The number of pyridine rings is 1. The highest BCUT2D eigenvalue weighted by Gasteiger charge is 1.87. The molecule has 0 saturated carbocycles. The van der Waals surface area contributed by atoms with Gasteiger partial charge in [0.1, 0.15) is 0 Å². The summed E-state index contributed by atoms with van der Waals surface area (Å²) in [6.45, 7) is 0. The summed E-state index contributed by atoms with van der Waals surface area (Å²) in [6, 6.07) is 1.33. The highest BCUT2D eigenvalue weighted by molar-refractivity contribution is 5.38. The van der Waals surface area contributed by atoms with E-state index in [0.717, 1.165) is 0 Å². The van der Waals surface area contributed by atoms with Crippen LogP contribution in [-0.4, -0.2) is 4.98 Å². The Morgan fingerprint density at radius 1 is 1.50 bits per heavy atom. The number of hydrogen-bond donors (Lipinski definition) is 1. The van der Waals surface area contributed by atoms with Crippen LogP contribution in [0.4, 0.5) is 5.69 Å². The van der Waals surface area contributed by atoms with Crippen molar-refractivity contribution in [3.8, 4) is 5.75 Å². The van der Waals surface area contributed by atoms with Crippen LogP contribution in [0.3, 0.4) is 0 Å². The molecule has 0 saturated heterocycles. The van der Waals surface area contributed by atoms with Gasteiger partial charge in [0.15, 0.2) is 5.75 Å². The second kappa shape index (κ2) is 1.69. The first-order chi connectivity index (χ1) is 3.79. The van der Waals surface area contributed by atoms with E-state index >= 15 is 0 Å². The molecule has 1 radical (unpaired) electrons. The minimum Gasteiger partial charge on any atom is -0.397 e. The lowest BCUT2D eigenvalue weighted by Gasteiger charge is -1.86. The Balaban J connectivity index is 3.08. The Morgan fingerprint density at radius 3 is 2.62 bits per heavy atom. The number of rotatable bonds is 0. The molecule has 0 aliphatic rings. The number of anilines is 1. The molecule has 0 atom stereocenters. The Morgan fingerprint density at radius 2 is 2.25 bits per heavy atom. The molecule has 0 amide bonds. The van der Waals surface area contributed by atoms with E-state index in [-0.39, 0.29) is 5.75 Å². The SMILES string of the molecule is Nc1cncc([O])c1. The quantitative estimate of drug-likeness (QED) is 0.535. The summed E-state index contributed by atoms with van der Waals surface area (Å²) in [5, 5.41) is 10.3. The topological polar surface area (TPSA) is 58.8 Å². The molecule has 1 heterocycles. The molecular formula is C5H5N2O. The Hall–Kier alpha value is -1.25. The number of nitrogens with two attached hydrogens (primary N) is 1. The molecule has 2 N–H and O–H groups in total. The van der Waals surface area contributed by atoms with E-state index in [1.807, 2.05) is 0 Å². The molecule has 0 fully saturated rings. The minimum atomic E-state index is -0.148. The van der Waals surface area contributed by atoms with Gasteiger partial charge in [0.25, 0.3) is 0 Å². The highest BCUT2D eigenvalue weighted by Crippen LogP contribution is 2.09. The maximum absolute atomic E-state index is 10.3. The molecule has 41 valence electrons. The van der Waals surface area contributed by atoms with Crippen LogP contribution in [-0.2, 0) is 5.11 Å². The van der Waals surface area contributed by atoms with Gasteiger partial charge in [0, 0.05) is 6.07 Å². The van der Waals surface area contributed by atoms with Crippen LogP contribution in [0.5, 0.6) is 5.75 Å². The van der Waals surface area contributed by atoms with E-state index in [9.17, 15) is 5.11 Å². The van der Waals surface area contributed by atoms with Crippen molar-refractivity contribution in [2.45, 2.75) is 0 Å². The van der Waals surface area contributed by atoms with Crippen molar-refractivity contribution < 1.29 is 5.11 Å². The third-order valence-corrected chi connectivity index (χ3v) is 0.734. The largest absolute Gasteiger partial charge is 0.397 e. The highest BCUT2D eigenvalue weighted by atomic mass is 16.3. The molecular weight excluding hydrogens is 104 g/mol. The van der Waals surface area contributed by atoms with E-state index in [2.05, 4.69) is 4.98 Å². The molecule has 3 heteroatoms. The fourth-order valence-corrected chi connectivity index (χ4v) is 0.436. The summed E-state index contributed by atoms with van der Waals surface area (Å²) in [7, 11) is 0. The monoisotopic (exact) mass is 109 g/mol. The van der Waals surface area contributed by atoms with Gasteiger partial charge in [-0.1, -0.05) is 0 Å². The Labute approximate surface area is 46.8 Å². The van der Waals surface area contributed by atoms with Crippen molar-refractivity contribution >= 4 is 5.69 Å². The van der Waals surface area contributed by atoms with Gasteiger partial charge in [-0.2, -0.15) is 0 Å². The molecule has 0 aliphatic heterocycles. The average Bonchev–Trinajstić information content (AvgIpc) is 1.64. The summed E-state index contributed by atoms with van der Waals surface area (Å²) < 4.78 is 0. The summed E-state index contributed by atoms with van der Waals surface area (Å²) in [5.74, 6) is -0.148. The number of aromatic nitrogens is 1. The van der Waals surface area contributed by atoms with Crippen LogP contribution in [0.2, 0.25) is 0 Å². The average molecular weight is 109 g/mol. The van der Waals surface area contributed by atoms with Gasteiger partial charge in [-0.15, -0.1) is 0 Å². The molecule has 0 bridgehead atoms. The lowest BCUT2D eigenvalue weighted by molar-refractivity contribution is 0.353. The van der Waals surface area contributed by atoms with Gasteiger partial charge in [-0.05, 0) is 0 Å². The molecule has 0 spiro atoms. The fraction of sp³-hybridized carbons (Fsp3) is 0. The van der Waals surface area contributed by atoms with E-state index in [1.165, 1.54) is 18.5 Å². The lowest BCUT2D eigenvalue weighted by Crippen LogP contribution is -1.82. The molecule has 0 unspecified atom stereocenters. The maximum Gasteiger partial charge on any atom is 0.198 e. The van der Waals surface area contributed by atoms with Crippen LogP contribution in [0.15, 0.2) is 18.5 Å². The first-order valence-corrected chi connectivity index (χ1v) is 2.16. The normalized spacial score (nSPS) is 9.00. The molecule has 0 aliphatic carbocycles.